The van der Waals surface area contributed by atoms with Gasteiger partial charge in [-0.15, -0.1) is 0 Å². The molecule has 1 heterocycles. The molecule has 1 aliphatic carbocycles. The quantitative estimate of drug-likeness (QED) is 0.774. The van der Waals surface area contributed by atoms with Crippen LogP contribution >= 0.6 is 0 Å². The molecule has 0 aromatic heterocycles. The topological polar surface area (TPSA) is 69.6 Å². The van der Waals surface area contributed by atoms with Crippen molar-refractivity contribution in [1.82, 2.24) is 10.2 Å². The molecule has 5 heteroatoms. The Labute approximate surface area is 114 Å². The Balaban J connectivity index is 1.74. The van der Waals surface area contributed by atoms with Crippen LogP contribution in [0.25, 0.3) is 0 Å². The van der Waals surface area contributed by atoms with E-state index >= 15 is 0 Å². The fraction of sp³-hybridized carbons (Fsp3) is 0.857. The van der Waals surface area contributed by atoms with Gasteiger partial charge in [-0.2, -0.15) is 0 Å². The number of hydrogen-bond donors (Lipinski definition) is 2. The van der Waals surface area contributed by atoms with Crippen LogP contribution in [0.15, 0.2) is 0 Å². The summed E-state index contributed by atoms with van der Waals surface area (Å²) < 4.78 is 0. The predicted molar refractivity (Wildman–Crippen MR) is 71.9 cm³/mol. The summed E-state index contributed by atoms with van der Waals surface area (Å²) >= 11 is 0. The first-order valence-electron chi connectivity index (χ1n) is 7.35. The van der Waals surface area contributed by atoms with Crippen molar-refractivity contribution >= 4 is 12.0 Å². The standard InChI is InChI=1S/C14H24N2O3/c1-2-12(7-10-3-4-10)15-14(19)16-6-5-11(9-16)8-13(17)18/h10-12H,2-9H2,1H3,(H,15,19)(H,17,18). The van der Waals surface area contributed by atoms with Gasteiger partial charge in [0, 0.05) is 25.6 Å². The monoisotopic (exact) mass is 268 g/mol. The summed E-state index contributed by atoms with van der Waals surface area (Å²) in [5.74, 6) is 0.155. The Morgan fingerprint density at radius 3 is 2.63 bits per heavy atom. The molecule has 1 aliphatic heterocycles. The lowest BCUT2D eigenvalue weighted by atomic mass is 10.1. The van der Waals surface area contributed by atoms with E-state index in [2.05, 4.69) is 12.2 Å². The van der Waals surface area contributed by atoms with Gasteiger partial charge in [0.25, 0.3) is 0 Å². The fourth-order valence-corrected chi connectivity index (χ4v) is 2.78. The number of carboxylic acids is 1. The highest BCUT2D eigenvalue weighted by Gasteiger charge is 2.30. The molecule has 2 aliphatic rings. The van der Waals surface area contributed by atoms with Crippen LogP contribution in [0.2, 0.25) is 0 Å². The van der Waals surface area contributed by atoms with Gasteiger partial charge in [0.1, 0.15) is 0 Å². The number of carboxylic acid groups (broad SMARTS) is 1. The molecular formula is C14H24N2O3. The van der Waals surface area contributed by atoms with E-state index in [0.29, 0.717) is 13.1 Å². The van der Waals surface area contributed by atoms with Crippen LogP contribution in [0, 0.1) is 11.8 Å². The maximum absolute atomic E-state index is 12.1. The van der Waals surface area contributed by atoms with Gasteiger partial charge in [-0.25, -0.2) is 4.79 Å². The number of nitrogens with one attached hydrogen (secondary N) is 1. The Bertz CT molecular complexity index is 342. The summed E-state index contributed by atoms with van der Waals surface area (Å²) in [6.45, 7) is 3.37. The van der Waals surface area contributed by atoms with Gasteiger partial charge in [0.2, 0.25) is 0 Å². The van der Waals surface area contributed by atoms with Crippen LogP contribution in [0.1, 0.15) is 45.4 Å². The number of hydrogen-bond acceptors (Lipinski definition) is 2. The van der Waals surface area contributed by atoms with E-state index in [9.17, 15) is 9.59 Å². The molecule has 2 rings (SSSR count). The van der Waals surface area contributed by atoms with Crippen LogP contribution < -0.4 is 5.32 Å². The van der Waals surface area contributed by atoms with E-state index in [-0.39, 0.29) is 24.4 Å². The number of amides is 2. The maximum atomic E-state index is 12.1. The first-order valence-corrected chi connectivity index (χ1v) is 7.35. The van der Waals surface area contributed by atoms with Crippen LogP contribution in [0.5, 0.6) is 0 Å². The molecule has 1 saturated carbocycles. The molecule has 2 atom stereocenters. The molecule has 1 saturated heterocycles. The molecule has 2 N–H and O–H groups in total. The zero-order valence-corrected chi connectivity index (χ0v) is 11.6. The molecule has 2 amide bonds. The number of carbonyl (C=O) groups is 2. The van der Waals surface area contributed by atoms with Crippen molar-refractivity contribution in [1.29, 1.82) is 0 Å². The van der Waals surface area contributed by atoms with Crippen LogP contribution in [-0.4, -0.2) is 41.1 Å². The van der Waals surface area contributed by atoms with Crippen molar-refractivity contribution in [3.05, 3.63) is 0 Å². The minimum atomic E-state index is -0.771. The second-order valence-corrected chi connectivity index (χ2v) is 5.93. The Hall–Kier alpha value is -1.26. The average molecular weight is 268 g/mol. The fourth-order valence-electron chi connectivity index (χ4n) is 2.78. The number of nitrogens with zero attached hydrogens (tertiary/aromatic N) is 1. The second-order valence-electron chi connectivity index (χ2n) is 5.93. The lowest BCUT2D eigenvalue weighted by Crippen LogP contribution is -2.44. The smallest absolute Gasteiger partial charge is 0.317 e. The lowest BCUT2D eigenvalue weighted by molar-refractivity contribution is -0.138. The van der Waals surface area contributed by atoms with Crippen LogP contribution in [-0.2, 0) is 4.79 Å². The van der Waals surface area contributed by atoms with Crippen molar-refractivity contribution in [3.63, 3.8) is 0 Å². The number of carbonyl (C=O) groups excluding carboxylic acids is 1. The van der Waals surface area contributed by atoms with Gasteiger partial charge in [-0.1, -0.05) is 19.8 Å². The number of rotatable bonds is 6. The van der Waals surface area contributed by atoms with Gasteiger partial charge >= 0.3 is 12.0 Å². The summed E-state index contributed by atoms with van der Waals surface area (Å²) in [5, 5.41) is 11.9. The molecule has 0 bridgehead atoms. The minimum Gasteiger partial charge on any atom is -0.481 e. The van der Waals surface area contributed by atoms with Gasteiger partial charge in [-0.05, 0) is 31.1 Å². The molecule has 5 nitrogen and oxygen atoms in total. The minimum absolute atomic E-state index is 0.0135. The van der Waals surface area contributed by atoms with Crippen molar-refractivity contribution in [2.75, 3.05) is 13.1 Å². The normalized spacial score (nSPS) is 24.3. The van der Waals surface area contributed by atoms with Crippen LogP contribution in [0.4, 0.5) is 4.79 Å². The molecule has 0 aromatic rings. The molecule has 2 unspecified atom stereocenters. The zero-order chi connectivity index (χ0) is 13.8. The Morgan fingerprint density at radius 1 is 1.32 bits per heavy atom. The van der Waals surface area contributed by atoms with Gasteiger partial charge in [0.05, 0.1) is 0 Å². The van der Waals surface area contributed by atoms with Gasteiger partial charge < -0.3 is 15.3 Å². The number of aliphatic carboxylic acids is 1. The zero-order valence-electron chi connectivity index (χ0n) is 11.6. The molecule has 19 heavy (non-hydrogen) atoms. The molecule has 0 aromatic carbocycles. The van der Waals surface area contributed by atoms with E-state index in [1.807, 2.05) is 0 Å². The average Bonchev–Trinajstić information content (AvgIpc) is 3.05. The third-order valence-corrected chi connectivity index (χ3v) is 4.17. The number of likely N-dealkylation sites (tertiary alicyclic amines) is 1. The first-order chi connectivity index (χ1) is 9.08. The van der Waals surface area contributed by atoms with E-state index in [4.69, 9.17) is 5.11 Å². The first kappa shape index (κ1) is 14.2. The third kappa shape index (κ3) is 4.40. The van der Waals surface area contributed by atoms with Crippen molar-refractivity contribution < 1.29 is 14.7 Å². The highest BCUT2D eigenvalue weighted by molar-refractivity contribution is 5.75. The molecule has 0 radical (unpaired) electrons. The highest BCUT2D eigenvalue weighted by Crippen LogP contribution is 2.34. The van der Waals surface area contributed by atoms with Gasteiger partial charge in [-0.3, -0.25) is 4.79 Å². The van der Waals surface area contributed by atoms with E-state index in [0.717, 1.165) is 25.2 Å². The SMILES string of the molecule is CCC(CC1CC1)NC(=O)N1CCC(CC(=O)O)C1. The Kier molecular flexibility index (Phi) is 4.66. The van der Waals surface area contributed by atoms with E-state index < -0.39 is 5.97 Å². The molecule has 0 spiro atoms. The summed E-state index contributed by atoms with van der Waals surface area (Å²) in [6.07, 6.45) is 5.64. The van der Waals surface area contributed by atoms with Crippen molar-refractivity contribution in [2.45, 2.75) is 51.5 Å². The maximum Gasteiger partial charge on any atom is 0.317 e. The van der Waals surface area contributed by atoms with E-state index in [1.54, 1.807) is 4.90 Å². The third-order valence-electron chi connectivity index (χ3n) is 4.17. The highest BCUT2D eigenvalue weighted by atomic mass is 16.4. The summed E-state index contributed by atoms with van der Waals surface area (Å²) in [4.78, 5) is 24.5. The number of urea groups is 1. The van der Waals surface area contributed by atoms with E-state index in [1.165, 1.54) is 12.8 Å². The second kappa shape index (κ2) is 6.26. The lowest BCUT2D eigenvalue weighted by Gasteiger charge is -2.22. The van der Waals surface area contributed by atoms with Gasteiger partial charge in [0.15, 0.2) is 0 Å². The summed E-state index contributed by atoms with van der Waals surface area (Å²) in [6, 6.07) is 0.263. The Morgan fingerprint density at radius 2 is 2.05 bits per heavy atom. The molecule has 108 valence electrons. The summed E-state index contributed by atoms with van der Waals surface area (Å²) in [7, 11) is 0. The summed E-state index contributed by atoms with van der Waals surface area (Å²) in [5.41, 5.74) is 0. The van der Waals surface area contributed by atoms with Crippen molar-refractivity contribution in [2.24, 2.45) is 11.8 Å². The molecule has 2 fully saturated rings. The van der Waals surface area contributed by atoms with Crippen LogP contribution in [0.3, 0.4) is 0 Å². The predicted octanol–water partition coefficient (Wildman–Crippen LogP) is 2.07. The largest absolute Gasteiger partial charge is 0.481 e. The molecular weight excluding hydrogens is 244 g/mol. The van der Waals surface area contributed by atoms with Crippen molar-refractivity contribution in [3.8, 4) is 0 Å².